The molecule has 1 N–H and O–H groups in total. The Labute approximate surface area is 164 Å². The molecule has 1 unspecified atom stereocenters. The molecule has 3 aromatic rings. The maximum Gasteiger partial charge on any atom is 0.264 e. The van der Waals surface area contributed by atoms with Gasteiger partial charge in [0.2, 0.25) is 0 Å². The third-order valence-electron chi connectivity index (χ3n) is 4.97. The zero-order chi connectivity index (χ0) is 20.3. The first-order valence-electron chi connectivity index (χ1n) is 9.46. The van der Waals surface area contributed by atoms with E-state index < -0.39 is 0 Å². The van der Waals surface area contributed by atoms with E-state index in [1.165, 1.54) is 0 Å². The molecule has 1 aromatic carbocycles. The highest BCUT2D eigenvalue weighted by atomic mass is 16.2. The Bertz CT molecular complexity index is 1020. The standard InChI is InChI=1S/C22H26N4O2/c1-15(2)25-13-11-23-19(25)14-24-21(27)20-16(3)10-12-26(22(20)28)17(4)18-8-6-5-7-9-18/h5-13,15,17H,14H2,1-4H3,(H,24,27). The second kappa shape index (κ2) is 8.25. The van der Waals surface area contributed by atoms with E-state index in [-0.39, 0.29) is 35.7 Å². The number of nitrogens with zero attached hydrogens (tertiary/aromatic N) is 3. The van der Waals surface area contributed by atoms with Crippen LogP contribution in [0.2, 0.25) is 0 Å². The second-order valence-corrected chi connectivity index (χ2v) is 7.20. The summed E-state index contributed by atoms with van der Waals surface area (Å²) in [5.74, 6) is 0.380. The van der Waals surface area contributed by atoms with Crippen molar-refractivity contribution in [1.29, 1.82) is 0 Å². The molecule has 0 saturated carbocycles. The molecule has 28 heavy (non-hydrogen) atoms. The Morgan fingerprint density at radius 2 is 1.79 bits per heavy atom. The van der Waals surface area contributed by atoms with E-state index in [1.807, 2.05) is 54.1 Å². The summed E-state index contributed by atoms with van der Waals surface area (Å²) in [6.07, 6.45) is 5.34. The first-order valence-corrected chi connectivity index (χ1v) is 9.46. The van der Waals surface area contributed by atoms with Crippen LogP contribution in [-0.2, 0) is 6.54 Å². The number of benzene rings is 1. The van der Waals surface area contributed by atoms with Gasteiger partial charge in [0.25, 0.3) is 11.5 Å². The lowest BCUT2D eigenvalue weighted by molar-refractivity contribution is 0.0946. The Balaban J connectivity index is 1.86. The topological polar surface area (TPSA) is 68.9 Å². The minimum atomic E-state index is -0.379. The largest absolute Gasteiger partial charge is 0.345 e. The van der Waals surface area contributed by atoms with Crippen molar-refractivity contribution in [2.45, 2.75) is 46.3 Å². The molecular weight excluding hydrogens is 352 g/mol. The Morgan fingerprint density at radius 1 is 1.07 bits per heavy atom. The summed E-state index contributed by atoms with van der Waals surface area (Å²) in [6.45, 7) is 8.11. The van der Waals surface area contributed by atoms with Crippen molar-refractivity contribution in [3.05, 3.63) is 87.9 Å². The molecule has 6 nitrogen and oxygen atoms in total. The third kappa shape index (κ3) is 3.91. The smallest absolute Gasteiger partial charge is 0.264 e. The number of aryl methyl sites for hydroxylation is 1. The molecule has 0 fully saturated rings. The van der Waals surface area contributed by atoms with E-state index in [4.69, 9.17) is 0 Å². The first-order chi connectivity index (χ1) is 13.4. The van der Waals surface area contributed by atoms with Crippen LogP contribution in [0.3, 0.4) is 0 Å². The molecule has 0 aliphatic rings. The lowest BCUT2D eigenvalue weighted by Crippen LogP contribution is -2.35. The molecule has 3 rings (SSSR count). The van der Waals surface area contributed by atoms with Gasteiger partial charge < -0.3 is 14.5 Å². The summed E-state index contributed by atoms with van der Waals surface area (Å²) in [4.78, 5) is 30.2. The normalized spacial score (nSPS) is 12.2. The lowest BCUT2D eigenvalue weighted by Gasteiger charge is -2.18. The second-order valence-electron chi connectivity index (χ2n) is 7.20. The summed E-state index contributed by atoms with van der Waals surface area (Å²) in [7, 11) is 0. The molecule has 1 atom stereocenters. The molecule has 0 radical (unpaired) electrons. The van der Waals surface area contributed by atoms with Gasteiger partial charge in [0.05, 0.1) is 12.6 Å². The summed E-state index contributed by atoms with van der Waals surface area (Å²) < 4.78 is 3.60. The Hall–Kier alpha value is -3.15. The van der Waals surface area contributed by atoms with Crippen molar-refractivity contribution in [2.24, 2.45) is 0 Å². The maximum absolute atomic E-state index is 13.1. The van der Waals surface area contributed by atoms with Gasteiger partial charge in [0.1, 0.15) is 11.4 Å². The molecule has 0 bridgehead atoms. The number of amides is 1. The maximum atomic E-state index is 13.1. The van der Waals surface area contributed by atoms with Crippen LogP contribution in [0.25, 0.3) is 0 Å². The Morgan fingerprint density at radius 3 is 2.46 bits per heavy atom. The van der Waals surface area contributed by atoms with E-state index in [0.29, 0.717) is 5.56 Å². The van der Waals surface area contributed by atoms with Crippen LogP contribution in [-0.4, -0.2) is 20.0 Å². The van der Waals surface area contributed by atoms with Crippen molar-refractivity contribution in [3.8, 4) is 0 Å². The van der Waals surface area contributed by atoms with Crippen molar-refractivity contribution < 1.29 is 4.79 Å². The molecule has 1 amide bonds. The van der Waals surface area contributed by atoms with Gasteiger partial charge in [-0.25, -0.2) is 4.98 Å². The van der Waals surface area contributed by atoms with Crippen LogP contribution >= 0.6 is 0 Å². The van der Waals surface area contributed by atoms with Gasteiger partial charge in [-0.1, -0.05) is 30.3 Å². The summed E-state index contributed by atoms with van der Waals surface area (Å²) >= 11 is 0. The van der Waals surface area contributed by atoms with Gasteiger partial charge in [-0.15, -0.1) is 0 Å². The zero-order valence-corrected chi connectivity index (χ0v) is 16.7. The van der Waals surface area contributed by atoms with Crippen molar-refractivity contribution in [2.75, 3.05) is 0 Å². The van der Waals surface area contributed by atoms with E-state index in [0.717, 1.165) is 11.4 Å². The highest BCUT2D eigenvalue weighted by Gasteiger charge is 2.19. The number of carbonyl (C=O) groups excluding carboxylic acids is 1. The summed E-state index contributed by atoms with van der Waals surface area (Å²) in [5.41, 5.74) is 1.55. The van der Waals surface area contributed by atoms with E-state index in [1.54, 1.807) is 23.9 Å². The number of nitrogens with one attached hydrogen (secondary N) is 1. The monoisotopic (exact) mass is 378 g/mol. The van der Waals surface area contributed by atoms with E-state index in [2.05, 4.69) is 24.1 Å². The highest BCUT2D eigenvalue weighted by molar-refractivity contribution is 5.95. The van der Waals surface area contributed by atoms with Crippen LogP contribution in [0.4, 0.5) is 0 Å². The lowest BCUT2D eigenvalue weighted by atomic mass is 10.1. The van der Waals surface area contributed by atoms with E-state index >= 15 is 0 Å². The molecule has 2 aromatic heterocycles. The third-order valence-corrected chi connectivity index (χ3v) is 4.97. The van der Waals surface area contributed by atoms with Crippen molar-refractivity contribution >= 4 is 5.91 Å². The van der Waals surface area contributed by atoms with Gasteiger partial charge in [0.15, 0.2) is 0 Å². The zero-order valence-electron chi connectivity index (χ0n) is 16.7. The molecule has 0 spiro atoms. The predicted octanol–water partition coefficient (Wildman–Crippen LogP) is 3.47. The van der Waals surface area contributed by atoms with Crippen molar-refractivity contribution in [1.82, 2.24) is 19.4 Å². The highest BCUT2D eigenvalue weighted by Crippen LogP contribution is 2.16. The van der Waals surface area contributed by atoms with Crippen LogP contribution in [0.5, 0.6) is 0 Å². The summed E-state index contributed by atoms with van der Waals surface area (Å²) in [5, 5.41) is 2.85. The molecule has 0 saturated heterocycles. The van der Waals surface area contributed by atoms with Gasteiger partial charge in [-0.05, 0) is 44.9 Å². The number of hydrogen-bond donors (Lipinski definition) is 1. The summed E-state index contributed by atoms with van der Waals surface area (Å²) in [6, 6.07) is 11.7. The number of aromatic nitrogens is 3. The molecule has 0 aliphatic heterocycles. The quantitative estimate of drug-likeness (QED) is 0.714. The van der Waals surface area contributed by atoms with E-state index in [9.17, 15) is 9.59 Å². The van der Waals surface area contributed by atoms with Crippen LogP contribution < -0.4 is 10.9 Å². The predicted molar refractivity (Wildman–Crippen MR) is 109 cm³/mol. The Kier molecular flexibility index (Phi) is 5.78. The molecule has 2 heterocycles. The minimum Gasteiger partial charge on any atom is -0.345 e. The number of carbonyl (C=O) groups is 1. The average Bonchev–Trinajstić information content (AvgIpc) is 3.16. The fraction of sp³-hybridized carbons (Fsp3) is 0.318. The van der Waals surface area contributed by atoms with Crippen LogP contribution in [0.1, 0.15) is 60.2 Å². The van der Waals surface area contributed by atoms with Gasteiger partial charge in [0, 0.05) is 24.6 Å². The molecule has 146 valence electrons. The molecule has 0 aliphatic carbocycles. The average molecular weight is 378 g/mol. The molecule has 6 heteroatoms. The fourth-order valence-corrected chi connectivity index (χ4v) is 3.31. The van der Waals surface area contributed by atoms with Crippen LogP contribution in [0.15, 0.2) is 59.8 Å². The van der Waals surface area contributed by atoms with Crippen LogP contribution in [0, 0.1) is 6.92 Å². The van der Waals surface area contributed by atoms with Gasteiger partial charge in [-0.3, -0.25) is 9.59 Å². The molecular formula is C22H26N4O2. The minimum absolute atomic E-state index is 0.166. The number of imidazole rings is 1. The SMILES string of the molecule is Cc1ccn(C(C)c2ccccc2)c(=O)c1C(=O)NCc1nccn1C(C)C. The fourth-order valence-electron chi connectivity index (χ4n) is 3.31. The van der Waals surface area contributed by atoms with Gasteiger partial charge >= 0.3 is 0 Å². The number of pyridine rings is 1. The number of hydrogen-bond acceptors (Lipinski definition) is 3. The van der Waals surface area contributed by atoms with Gasteiger partial charge in [-0.2, -0.15) is 0 Å². The number of rotatable bonds is 6. The van der Waals surface area contributed by atoms with Crippen molar-refractivity contribution in [3.63, 3.8) is 0 Å². The first kappa shape index (κ1) is 19.6.